The van der Waals surface area contributed by atoms with Gasteiger partial charge in [0.15, 0.2) is 0 Å². The Kier molecular flexibility index (Phi) is 3.76. The van der Waals surface area contributed by atoms with Crippen molar-refractivity contribution in [2.24, 2.45) is 0 Å². The Bertz CT molecular complexity index is 546. The quantitative estimate of drug-likeness (QED) is 0.818. The molecule has 5 nitrogen and oxygen atoms in total. The van der Waals surface area contributed by atoms with Gasteiger partial charge in [-0.25, -0.2) is 4.79 Å². The molecule has 0 saturated carbocycles. The van der Waals surface area contributed by atoms with Gasteiger partial charge in [-0.1, -0.05) is 17.3 Å². The predicted molar refractivity (Wildman–Crippen MR) is 63.9 cm³/mol. The van der Waals surface area contributed by atoms with Crippen molar-refractivity contribution in [3.8, 4) is 5.75 Å². The van der Waals surface area contributed by atoms with Gasteiger partial charge in [0.1, 0.15) is 18.6 Å². The summed E-state index contributed by atoms with van der Waals surface area (Å²) in [5.74, 6) is -0.325. The largest absolute Gasteiger partial charge is 0.489 e. The predicted octanol–water partition coefficient (Wildman–Crippen LogP) is 2.35. The Labute approximate surface area is 103 Å². The minimum absolute atomic E-state index is 0.357. The topological polar surface area (TPSA) is 72.6 Å². The van der Waals surface area contributed by atoms with E-state index in [0.29, 0.717) is 12.4 Å². The van der Waals surface area contributed by atoms with E-state index < -0.39 is 5.97 Å². The summed E-state index contributed by atoms with van der Waals surface area (Å²) in [6.45, 7) is 0.357. The van der Waals surface area contributed by atoms with Crippen LogP contribution in [-0.4, -0.2) is 16.2 Å². The summed E-state index contributed by atoms with van der Waals surface area (Å²) in [4.78, 5) is 10.4. The maximum atomic E-state index is 10.4. The van der Waals surface area contributed by atoms with Crippen molar-refractivity contribution in [2.75, 3.05) is 0 Å². The van der Waals surface area contributed by atoms with Gasteiger partial charge in [-0.2, -0.15) is 0 Å². The van der Waals surface area contributed by atoms with Crippen LogP contribution in [0.1, 0.15) is 11.1 Å². The summed E-state index contributed by atoms with van der Waals surface area (Å²) in [6, 6.07) is 7.15. The van der Waals surface area contributed by atoms with E-state index in [9.17, 15) is 4.79 Å². The van der Waals surface area contributed by atoms with Crippen LogP contribution in [0.2, 0.25) is 0 Å². The Morgan fingerprint density at radius 1 is 1.50 bits per heavy atom. The lowest BCUT2D eigenvalue weighted by Crippen LogP contribution is -1.93. The molecule has 0 fully saturated rings. The van der Waals surface area contributed by atoms with Gasteiger partial charge in [0.05, 0.1) is 6.20 Å². The van der Waals surface area contributed by atoms with Gasteiger partial charge in [0.2, 0.25) is 0 Å². The van der Waals surface area contributed by atoms with Crippen molar-refractivity contribution in [2.45, 2.75) is 6.61 Å². The van der Waals surface area contributed by atoms with Gasteiger partial charge in [0.25, 0.3) is 0 Å². The van der Waals surface area contributed by atoms with E-state index >= 15 is 0 Å². The van der Waals surface area contributed by atoms with Gasteiger partial charge in [-0.05, 0) is 23.8 Å². The summed E-state index contributed by atoms with van der Waals surface area (Å²) in [5, 5.41) is 12.1. The first-order valence-corrected chi connectivity index (χ1v) is 5.26. The Hall–Kier alpha value is -2.56. The Morgan fingerprint density at radius 2 is 2.39 bits per heavy atom. The van der Waals surface area contributed by atoms with E-state index in [2.05, 4.69) is 9.68 Å². The fourth-order valence-electron chi connectivity index (χ4n) is 1.34. The maximum absolute atomic E-state index is 10.4. The highest BCUT2D eigenvalue weighted by Gasteiger charge is 1.99. The lowest BCUT2D eigenvalue weighted by atomic mass is 10.2. The van der Waals surface area contributed by atoms with E-state index in [-0.39, 0.29) is 0 Å². The fourth-order valence-corrected chi connectivity index (χ4v) is 1.34. The van der Waals surface area contributed by atoms with Crippen LogP contribution >= 0.6 is 0 Å². The number of benzene rings is 1. The molecule has 0 spiro atoms. The van der Waals surface area contributed by atoms with Crippen molar-refractivity contribution in [3.05, 3.63) is 53.9 Å². The lowest BCUT2D eigenvalue weighted by Gasteiger charge is -2.04. The highest BCUT2D eigenvalue weighted by molar-refractivity contribution is 5.85. The molecule has 0 aliphatic carbocycles. The molecule has 5 heteroatoms. The smallest absolute Gasteiger partial charge is 0.328 e. The summed E-state index contributed by atoms with van der Waals surface area (Å²) < 4.78 is 10.2. The van der Waals surface area contributed by atoms with Crippen LogP contribution in [-0.2, 0) is 11.4 Å². The summed E-state index contributed by atoms with van der Waals surface area (Å²) in [7, 11) is 0. The minimum atomic E-state index is -0.981. The first-order chi connectivity index (χ1) is 8.74. The molecule has 0 atom stereocenters. The third kappa shape index (κ3) is 3.48. The number of aromatic nitrogens is 1. The van der Waals surface area contributed by atoms with E-state index in [1.165, 1.54) is 12.3 Å². The molecule has 0 radical (unpaired) electrons. The maximum Gasteiger partial charge on any atom is 0.328 e. The normalized spacial score (nSPS) is 10.7. The standard InChI is InChI=1S/C13H11NO4/c15-13(16)5-4-10-2-1-3-12(6-10)17-8-11-7-14-18-9-11/h1-7,9H,8H2,(H,15,16)/b5-4+. The average Bonchev–Trinajstić information content (AvgIpc) is 2.87. The third-order valence-electron chi connectivity index (χ3n) is 2.17. The number of carbonyl (C=O) groups is 1. The highest BCUT2D eigenvalue weighted by atomic mass is 16.5. The Morgan fingerprint density at radius 3 is 3.11 bits per heavy atom. The van der Waals surface area contributed by atoms with Crippen molar-refractivity contribution in [3.63, 3.8) is 0 Å². The van der Waals surface area contributed by atoms with Crippen LogP contribution in [0.15, 0.2) is 47.3 Å². The van der Waals surface area contributed by atoms with Crippen LogP contribution in [0, 0.1) is 0 Å². The van der Waals surface area contributed by atoms with Crippen LogP contribution in [0.3, 0.4) is 0 Å². The summed E-state index contributed by atoms with van der Waals surface area (Å²) in [5.41, 5.74) is 1.60. The van der Waals surface area contributed by atoms with E-state index in [1.807, 2.05) is 0 Å². The van der Waals surface area contributed by atoms with Crippen molar-refractivity contribution < 1.29 is 19.2 Å². The molecule has 0 bridgehead atoms. The molecule has 0 aliphatic heterocycles. The van der Waals surface area contributed by atoms with Gasteiger partial charge in [0, 0.05) is 11.6 Å². The van der Waals surface area contributed by atoms with E-state index in [1.54, 1.807) is 30.5 Å². The number of nitrogens with zero attached hydrogens (tertiary/aromatic N) is 1. The SMILES string of the molecule is O=C(O)/C=C/c1cccc(OCc2cnoc2)c1. The molecule has 2 rings (SSSR count). The number of hydrogen-bond donors (Lipinski definition) is 1. The zero-order chi connectivity index (χ0) is 12.8. The van der Waals surface area contributed by atoms with E-state index in [0.717, 1.165) is 17.2 Å². The number of carboxylic acids is 1. The van der Waals surface area contributed by atoms with Crippen molar-refractivity contribution >= 4 is 12.0 Å². The minimum Gasteiger partial charge on any atom is -0.489 e. The molecule has 92 valence electrons. The van der Waals surface area contributed by atoms with Crippen LogP contribution < -0.4 is 4.74 Å². The second-order valence-electron chi connectivity index (χ2n) is 3.57. The van der Waals surface area contributed by atoms with Crippen molar-refractivity contribution in [1.29, 1.82) is 0 Å². The van der Waals surface area contributed by atoms with Crippen LogP contribution in [0.5, 0.6) is 5.75 Å². The molecule has 2 aromatic rings. The van der Waals surface area contributed by atoms with Gasteiger partial charge in [-0.3, -0.25) is 0 Å². The first kappa shape index (κ1) is 11.9. The molecule has 0 amide bonds. The molecule has 1 heterocycles. The third-order valence-corrected chi connectivity index (χ3v) is 2.17. The monoisotopic (exact) mass is 245 g/mol. The molecular formula is C13H11NO4. The number of ether oxygens (including phenoxy) is 1. The van der Waals surface area contributed by atoms with Crippen LogP contribution in [0.25, 0.3) is 6.08 Å². The number of carboxylic acid groups (broad SMARTS) is 1. The number of aliphatic carboxylic acids is 1. The highest BCUT2D eigenvalue weighted by Crippen LogP contribution is 2.16. The van der Waals surface area contributed by atoms with Gasteiger partial charge >= 0.3 is 5.97 Å². The molecule has 0 saturated heterocycles. The van der Waals surface area contributed by atoms with Gasteiger partial charge < -0.3 is 14.4 Å². The number of hydrogen-bond acceptors (Lipinski definition) is 4. The van der Waals surface area contributed by atoms with Crippen LogP contribution in [0.4, 0.5) is 0 Å². The van der Waals surface area contributed by atoms with Crippen molar-refractivity contribution in [1.82, 2.24) is 5.16 Å². The molecule has 18 heavy (non-hydrogen) atoms. The molecular weight excluding hydrogens is 234 g/mol. The summed E-state index contributed by atoms with van der Waals surface area (Å²) >= 11 is 0. The molecule has 1 aromatic carbocycles. The zero-order valence-corrected chi connectivity index (χ0v) is 9.45. The fraction of sp³-hybridized carbons (Fsp3) is 0.0769. The lowest BCUT2D eigenvalue weighted by molar-refractivity contribution is -0.131. The molecule has 1 aromatic heterocycles. The Balaban J connectivity index is 2.01. The first-order valence-electron chi connectivity index (χ1n) is 5.26. The number of rotatable bonds is 5. The summed E-state index contributed by atoms with van der Waals surface area (Å²) in [6.07, 6.45) is 5.68. The molecule has 0 aliphatic rings. The van der Waals surface area contributed by atoms with E-state index in [4.69, 9.17) is 9.84 Å². The van der Waals surface area contributed by atoms with Gasteiger partial charge in [-0.15, -0.1) is 0 Å². The average molecular weight is 245 g/mol. The molecule has 0 unspecified atom stereocenters. The zero-order valence-electron chi connectivity index (χ0n) is 9.45. The molecule has 1 N–H and O–H groups in total. The second kappa shape index (κ2) is 5.67. The second-order valence-corrected chi connectivity index (χ2v) is 3.57.